The molecule has 0 fully saturated rings. The number of hydrogen-bond donors (Lipinski definition) is 7. The smallest absolute Gasteiger partial charge is 0.327 e. The molecule has 0 heterocycles. The van der Waals surface area contributed by atoms with Gasteiger partial charge in [-0.15, -0.1) is 0 Å². The summed E-state index contributed by atoms with van der Waals surface area (Å²) in [4.78, 5) is 47.6. The molecule has 0 saturated carbocycles. The molecule has 0 aromatic carbocycles. The van der Waals surface area contributed by atoms with E-state index in [-0.39, 0.29) is 12.2 Å². The van der Waals surface area contributed by atoms with Crippen LogP contribution < -0.4 is 21.7 Å². The number of thiol groups is 1. The van der Waals surface area contributed by atoms with Crippen LogP contribution >= 0.6 is 24.4 Å². The second kappa shape index (κ2) is 12.8. The van der Waals surface area contributed by atoms with E-state index in [1.807, 2.05) is 6.26 Å². The third-order valence-corrected chi connectivity index (χ3v) is 4.53. The van der Waals surface area contributed by atoms with Crippen molar-refractivity contribution in [3.05, 3.63) is 0 Å². The Labute approximate surface area is 167 Å². The Balaban J connectivity index is 5.22. The summed E-state index contributed by atoms with van der Waals surface area (Å²) in [6, 6.07) is -4.45. The van der Waals surface area contributed by atoms with Gasteiger partial charge in [0.2, 0.25) is 17.7 Å². The number of rotatable bonds is 12. The summed E-state index contributed by atoms with van der Waals surface area (Å²) in [7, 11) is 0. The van der Waals surface area contributed by atoms with Gasteiger partial charge in [0.25, 0.3) is 0 Å². The van der Waals surface area contributed by atoms with Crippen molar-refractivity contribution in [3.8, 4) is 0 Å². The van der Waals surface area contributed by atoms with E-state index in [1.165, 1.54) is 25.6 Å². The van der Waals surface area contributed by atoms with Crippen LogP contribution in [0.3, 0.4) is 0 Å². The Morgan fingerprint density at radius 2 is 1.59 bits per heavy atom. The van der Waals surface area contributed by atoms with E-state index >= 15 is 0 Å². The van der Waals surface area contributed by atoms with Gasteiger partial charge in [-0.1, -0.05) is 0 Å². The second-order valence-electron chi connectivity index (χ2n) is 5.94. The van der Waals surface area contributed by atoms with E-state index in [0.29, 0.717) is 5.75 Å². The minimum absolute atomic E-state index is 0.120. The fourth-order valence-electron chi connectivity index (χ4n) is 1.91. The lowest BCUT2D eigenvalue weighted by atomic mass is 10.1. The summed E-state index contributed by atoms with van der Waals surface area (Å²) in [5.74, 6) is -2.96. The van der Waals surface area contributed by atoms with Gasteiger partial charge in [-0.05, 0) is 32.3 Å². The van der Waals surface area contributed by atoms with Crippen LogP contribution in [0.5, 0.6) is 0 Å². The number of aliphatic hydroxyl groups is 1. The molecule has 0 bridgehead atoms. The van der Waals surface area contributed by atoms with Gasteiger partial charge in [-0.25, -0.2) is 4.79 Å². The van der Waals surface area contributed by atoms with Gasteiger partial charge in [0, 0.05) is 5.75 Å². The first kappa shape index (κ1) is 25.5. The first-order valence-electron chi connectivity index (χ1n) is 8.22. The lowest BCUT2D eigenvalue weighted by molar-refractivity contribution is -0.141. The Morgan fingerprint density at radius 1 is 1.04 bits per heavy atom. The highest BCUT2D eigenvalue weighted by atomic mass is 32.2. The number of amides is 3. The summed E-state index contributed by atoms with van der Waals surface area (Å²) in [5.41, 5.74) is 5.44. The molecule has 0 radical (unpaired) electrons. The molecule has 3 amide bonds. The number of thioether (sulfide) groups is 1. The normalized spacial score (nSPS) is 16.4. The Bertz CT molecular complexity index is 532. The fraction of sp³-hybridized carbons (Fsp3) is 0.733. The van der Waals surface area contributed by atoms with Gasteiger partial charge >= 0.3 is 5.97 Å². The zero-order valence-electron chi connectivity index (χ0n) is 15.5. The van der Waals surface area contributed by atoms with Crippen LogP contribution in [0, 0.1) is 0 Å². The number of nitrogens with two attached hydrogens (primary N) is 1. The van der Waals surface area contributed by atoms with Crippen LogP contribution in [-0.4, -0.2) is 81.9 Å². The number of carboxylic acid groups (broad SMARTS) is 1. The molecule has 27 heavy (non-hydrogen) atoms. The maximum Gasteiger partial charge on any atom is 0.327 e. The van der Waals surface area contributed by atoms with E-state index in [9.17, 15) is 24.3 Å². The maximum atomic E-state index is 12.5. The summed E-state index contributed by atoms with van der Waals surface area (Å²) in [6.45, 7) is 2.73. The molecule has 0 rings (SSSR count). The summed E-state index contributed by atoms with van der Waals surface area (Å²) in [6.07, 6.45) is 0.804. The highest BCUT2D eigenvalue weighted by Gasteiger charge is 2.31. The van der Waals surface area contributed by atoms with Crippen molar-refractivity contribution in [3.63, 3.8) is 0 Å². The van der Waals surface area contributed by atoms with Crippen molar-refractivity contribution in [2.45, 2.75) is 50.5 Å². The van der Waals surface area contributed by atoms with Crippen LogP contribution in [0.15, 0.2) is 0 Å². The minimum atomic E-state index is -1.31. The molecular weight excluding hydrogens is 396 g/mol. The van der Waals surface area contributed by atoms with Crippen LogP contribution in [-0.2, 0) is 19.2 Å². The fourth-order valence-corrected chi connectivity index (χ4v) is 2.63. The third kappa shape index (κ3) is 9.31. The molecule has 0 aliphatic heterocycles. The zero-order valence-corrected chi connectivity index (χ0v) is 17.2. The molecule has 0 aromatic heterocycles. The molecule has 0 aliphatic carbocycles. The topological polar surface area (TPSA) is 171 Å². The van der Waals surface area contributed by atoms with Crippen LogP contribution in [0.2, 0.25) is 0 Å². The van der Waals surface area contributed by atoms with Gasteiger partial charge in [0.15, 0.2) is 0 Å². The molecule has 5 unspecified atom stereocenters. The van der Waals surface area contributed by atoms with Crippen molar-refractivity contribution in [1.82, 2.24) is 16.0 Å². The van der Waals surface area contributed by atoms with Crippen LogP contribution in [0.4, 0.5) is 0 Å². The lowest BCUT2D eigenvalue weighted by Crippen LogP contribution is -2.59. The summed E-state index contributed by atoms with van der Waals surface area (Å²) < 4.78 is 0. The highest BCUT2D eigenvalue weighted by Crippen LogP contribution is 2.04. The van der Waals surface area contributed by atoms with Gasteiger partial charge < -0.3 is 31.9 Å². The number of aliphatic hydroxyl groups excluding tert-OH is 1. The quantitative estimate of drug-likeness (QED) is 0.175. The van der Waals surface area contributed by atoms with Crippen molar-refractivity contribution in [2.75, 3.05) is 17.8 Å². The maximum absolute atomic E-state index is 12.5. The first-order chi connectivity index (χ1) is 12.5. The standard InChI is InChI=1S/C15H28N4O6S2/c1-7(16)12(21)19-11(8(2)20)14(23)17-9(4-5-27-3)13(22)18-10(6-26)15(24)25/h7-11,20,26H,4-6,16H2,1-3H3,(H,17,23)(H,18,22)(H,19,21)(H,24,25). The second-order valence-corrected chi connectivity index (χ2v) is 7.29. The number of carboxylic acids is 1. The van der Waals surface area contributed by atoms with Crippen LogP contribution in [0.1, 0.15) is 20.3 Å². The molecule has 0 aromatic rings. The monoisotopic (exact) mass is 424 g/mol. The highest BCUT2D eigenvalue weighted by molar-refractivity contribution is 7.98. The number of carbonyl (C=O) groups excluding carboxylic acids is 3. The number of hydrogen-bond acceptors (Lipinski definition) is 8. The molecule has 10 nitrogen and oxygen atoms in total. The van der Waals surface area contributed by atoms with Crippen molar-refractivity contribution < 1.29 is 29.4 Å². The predicted molar refractivity (Wildman–Crippen MR) is 106 cm³/mol. The van der Waals surface area contributed by atoms with E-state index in [4.69, 9.17) is 10.8 Å². The Kier molecular flexibility index (Phi) is 12.1. The largest absolute Gasteiger partial charge is 0.480 e. The molecular formula is C15H28N4O6S2. The Hall–Kier alpha value is -1.50. The van der Waals surface area contributed by atoms with E-state index in [1.54, 1.807) is 0 Å². The molecule has 5 atom stereocenters. The Morgan fingerprint density at radius 3 is 2.00 bits per heavy atom. The van der Waals surface area contributed by atoms with Crippen molar-refractivity contribution >= 4 is 48.1 Å². The molecule has 0 aliphatic rings. The molecule has 0 saturated heterocycles. The molecule has 12 heteroatoms. The molecule has 0 spiro atoms. The average molecular weight is 425 g/mol. The van der Waals surface area contributed by atoms with Gasteiger partial charge in [0.05, 0.1) is 12.1 Å². The average Bonchev–Trinajstić information content (AvgIpc) is 2.59. The van der Waals surface area contributed by atoms with Gasteiger partial charge in [-0.2, -0.15) is 24.4 Å². The van der Waals surface area contributed by atoms with E-state index < -0.39 is 54.0 Å². The molecule has 156 valence electrons. The first-order valence-corrected chi connectivity index (χ1v) is 10.2. The van der Waals surface area contributed by atoms with E-state index in [0.717, 1.165) is 0 Å². The lowest BCUT2D eigenvalue weighted by Gasteiger charge is -2.25. The number of aliphatic carboxylic acids is 1. The third-order valence-electron chi connectivity index (χ3n) is 3.52. The minimum Gasteiger partial charge on any atom is -0.480 e. The van der Waals surface area contributed by atoms with Gasteiger partial charge in [0.1, 0.15) is 18.1 Å². The summed E-state index contributed by atoms with van der Waals surface area (Å²) in [5, 5.41) is 25.9. The SMILES string of the molecule is CSCCC(NC(=O)C(NC(=O)C(C)N)C(C)O)C(=O)NC(CS)C(=O)O. The van der Waals surface area contributed by atoms with Gasteiger partial charge in [-0.3, -0.25) is 14.4 Å². The van der Waals surface area contributed by atoms with Crippen molar-refractivity contribution in [2.24, 2.45) is 5.73 Å². The van der Waals surface area contributed by atoms with Crippen molar-refractivity contribution in [1.29, 1.82) is 0 Å². The molecule has 7 N–H and O–H groups in total. The zero-order chi connectivity index (χ0) is 21.1. The predicted octanol–water partition coefficient (Wildman–Crippen LogP) is -2.06. The van der Waals surface area contributed by atoms with E-state index in [2.05, 4.69) is 28.6 Å². The number of carbonyl (C=O) groups is 4. The van der Waals surface area contributed by atoms with Crippen LogP contribution in [0.25, 0.3) is 0 Å². The number of nitrogens with one attached hydrogen (secondary N) is 3. The summed E-state index contributed by atoms with van der Waals surface area (Å²) >= 11 is 5.31.